The summed E-state index contributed by atoms with van der Waals surface area (Å²) in [5.41, 5.74) is 9.46. The average Bonchev–Trinajstić information content (AvgIpc) is 3.33. The van der Waals surface area contributed by atoms with Gasteiger partial charge in [0.2, 0.25) is 11.9 Å². The summed E-state index contributed by atoms with van der Waals surface area (Å²) in [6.45, 7) is 10.5. The summed E-state index contributed by atoms with van der Waals surface area (Å²) in [6, 6.07) is 10.6. The van der Waals surface area contributed by atoms with Gasteiger partial charge in [0.05, 0.1) is 22.6 Å². The smallest absolute Gasteiger partial charge is 0.247 e. The van der Waals surface area contributed by atoms with Crippen LogP contribution < -0.4 is 15.5 Å². The van der Waals surface area contributed by atoms with Crippen LogP contribution in [-0.2, 0) is 24.2 Å². The molecule has 208 valence electrons. The molecule has 0 saturated heterocycles. The first-order chi connectivity index (χ1) is 19.3. The quantitative estimate of drug-likeness (QED) is 0.250. The molecule has 0 aliphatic carbocycles. The van der Waals surface area contributed by atoms with Gasteiger partial charge in [-0.2, -0.15) is 0 Å². The maximum absolute atomic E-state index is 12.3. The Bertz CT molecular complexity index is 1570. The van der Waals surface area contributed by atoms with E-state index in [2.05, 4.69) is 95.0 Å². The van der Waals surface area contributed by atoms with Crippen LogP contribution in [0.1, 0.15) is 30.0 Å². The highest BCUT2D eigenvalue weighted by Crippen LogP contribution is 2.37. The second kappa shape index (κ2) is 11.5. The molecular weight excluding hydrogens is 498 g/mol. The van der Waals surface area contributed by atoms with Gasteiger partial charge in [0.1, 0.15) is 0 Å². The highest BCUT2D eigenvalue weighted by Gasteiger charge is 2.20. The van der Waals surface area contributed by atoms with Crippen molar-refractivity contribution in [1.29, 1.82) is 0 Å². The lowest BCUT2D eigenvalue weighted by Gasteiger charge is -2.25. The molecule has 1 amide bonds. The van der Waals surface area contributed by atoms with Gasteiger partial charge in [-0.15, -0.1) is 0 Å². The Labute approximate surface area is 236 Å². The van der Waals surface area contributed by atoms with Gasteiger partial charge in [-0.05, 0) is 75.2 Å². The van der Waals surface area contributed by atoms with E-state index in [4.69, 9.17) is 4.98 Å². The van der Waals surface area contributed by atoms with E-state index in [1.807, 2.05) is 19.3 Å². The second-order valence-electron chi connectivity index (χ2n) is 10.8. The molecule has 40 heavy (non-hydrogen) atoms. The summed E-state index contributed by atoms with van der Waals surface area (Å²) in [4.78, 5) is 26.3. The van der Waals surface area contributed by atoms with Gasteiger partial charge < -0.3 is 25.0 Å². The van der Waals surface area contributed by atoms with E-state index in [1.165, 1.54) is 22.5 Å². The first-order valence-corrected chi connectivity index (χ1v) is 14.0. The van der Waals surface area contributed by atoms with Crippen LogP contribution in [0.25, 0.3) is 22.2 Å². The lowest BCUT2D eigenvalue weighted by molar-refractivity contribution is -0.111. The van der Waals surface area contributed by atoms with Crippen molar-refractivity contribution in [2.24, 2.45) is 0 Å². The summed E-state index contributed by atoms with van der Waals surface area (Å²) >= 11 is 0. The van der Waals surface area contributed by atoms with Crippen molar-refractivity contribution in [1.82, 2.24) is 19.4 Å². The van der Waals surface area contributed by atoms with Gasteiger partial charge in [0.25, 0.3) is 0 Å². The number of rotatable bonds is 10. The molecule has 0 radical (unpaired) electrons. The number of nitrogens with one attached hydrogen (secondary N) is 2. The molecule has 2 N–H and O–H groups in total. The van der Waals surface area contributed by atoms with Crippen molar-refractivity contribution in [2.75, 3.05) is 49.8 Å². The van der Waals surface area contributed by atoms with Crippen LogP contribution >= 0.6 is 0 Å². The van der Waals surface area contributed by atoms with Gasteiger partial charge in [-0.1, -0.05) is 31.7 Å². The highest BCUT2D eigenvalue weighted by atomic mass is 16.1. The summed E-state index contributed by atoms with van der Waals surface area (Å²) in [6.07, 6.45) is 8.58. The zero-order valence-corrected chi connectivity index (χ0v) is 24.2. The molecule has 0 spiro atoms. The van der Waals surface area contributed by atoms with Gasteiger partial charge >= 0.3 is 0 Å². The third-order valence-electron chi connectivity index (χ3n) is 7.65. The van der Waals surface area contributed by atoms with E-state index in [1.54, 1.807) is 0 Å². The van der Waals surface area contributed by atoms with Crippen molar-refractivity contribution in [2.45, 2.75) is 39.7 Å². The molecular formula is C32H39N7O. The van der Waals surface area contributed by atoms with Crippen LogP contribution in [0.4, 0.5) is 23.0 Å². The van der Waals surface area contributed by atoms with Gasteiger partial charge in [-0.25, -0.2) is 9.97 Å². The van der Waals surface area contributed by atoms with Crippen LogP contribution in [0, 0.1) is 6.92 Å². The highest BCUT2D eigenvalue weighted by molar-refractivity contribution is 6.02. The zero-order chi connectivity index (χ0) is 28.4. The Morgan fingerprint density at radius 3 is 2.75 bits per heavy atom. The van der Waals surface area contributed by atoms with Crippen LogP contribution in [-0.4, -0.2) is 59.6 Å². The fraction of sp³-hybridized carbons (Fsp3) is 0.344. The molecule has 2 aromatic carbocycles. The van der Waals surface area contributed by atoms with Crippen LogP contribution in [0.5, 0.6) is 0 Å². The van der Waals surface area contributed by atoms with E-state index in [9.17, 15) is 4.79 Å². The number of hydrogen-bond donors (Lipinski definition) is 2. The molecule has 0 unspecified atom stereocenters. The van der Waals surface area contributed by atoms with Crippen LogP contribution in [0.15, 0.2) is 55.4 Å². The fourth-order valence-corrected chi connectivity index (χ4v) is 5.42. The fourth-order valence-electron chi connectivity index (χ4n) is 5.42. The number of likely N-dealkylation sites (N-methyl/N-ethyl adjacent to an activating group) is 2. The number of carbonyl (C=O) groups is 1. The predicted molar refractivity (Wildman–Crippen MR) is 166 cm³/mol. The molecule has 0 fully saturated rings. The Morgan fingerprint density at radius 2 is 2.00 bits per heavy atom. The van der Waals surface area contributed by atoms with Gasteiger partial charge in [-0.3, -0.25) is 4.79 Å². The minimum Gasteiger partial charge on any atom is -0.372 e. The van der Waals surface area contributed by atoms with Crippen molar-refractivity contribution >= 4 is 39.8 Å². The van der Waals surface area contributed by atoms with Crippen molar-refractivity contribution < 1.29 is 4.79 Å². The molecule has 0 atom stereocenters. The molecule has 4 aromatic rings. The Balaban J connectivity index is 1.53. The number of carbonyl (C=O) groups excluding carboxylic acids is 1. The van der Waals surface area contributed by atoms with E-state index in [-0.39, 0.29) is 5.91 Å². The minimum absolute atomic E-state index is 0.254. The predicted octanol–water partition coefficient (Wildman–Crippen LogP) is 5.78. The van der Waals surface area contributed by atoms with Crippen LogP contribution in [0.3, 0.4) is 0 Å². The molecule has 3 heterocycles. The van der Waals surface area contributed by atoms with Crippen molar-refractivity contribution in [3.05, 3.63) is 72.1 Å². The molecule has 8 heteroatoms. The molecule has 0 saturated carbocycles. The Morgan fingerprint density at radius 1 is 1.18 bits per heavy atom. The summed E-state index contributed by atoms with van der Waals surface area (Å²) in [7, 11) is 6.14. The van der Waals surface area contributed by atoms with Crippen molar-refractivity contribution in [3.8, 4) is 11.3 Å². The monoisotopic (exact) mass is 537 g/mol. The molecule has 1 aliphatic heterocycles. The molecule has 1 aliphatic rings. The molecule has 8 nitrogen and oxygen atoms in total. The van der Waals surface area contributed by atoms with E-state index >= 15 is 0 Å². The first-order valence-electron chi connectivity index (χ1n) is 14.0. The summed E-state index contributed by atoms with van der Waals surface area (Å²) in [5.74, 6) is 0.271. The number of hydrogen-bond acceptors (Lipinski definition) is 6. The van der Waals surface area contributed by atoms with E-state index in [0.717, 1.165) is 72.7 Å². The number of benzene rings is 2. The number of aryl methyl sites for hydroxylation is 4. The molecule has 2 aromatic heterocycles. The van der Waals surface area contributed by atoms with E-state index < -0.39 is 0 Å². The average molecular weight is 538 g/mol. The molecule has 0 bridgehead atoms. The number of aromatic nitrogens is 3. The Kier molecular flexibility index (Phi) is 7.89. The maximum atomic E-state index is 12.3. The third kappa shape index (κ3) is 5.45. The van der Waals surface area contributed by atoms with Gasteiger partial charge in [0.15, 0.2) is 0 Å². The lowest BCUT2D eigenvalue weighted by Crippen LogP contribution is -2.29. The van der Waals surface area contributed by atoms with Crippen LogP contribution in [0.2, 0.25) is 0 Å². The number of para-hydroxylation sites is 1. The topological polar surface area (TPSA) is 78.3 Å². The van der Waals surface area contributed by atoms with E-state index in [0.29, 0.717) is 11.6 Å². The largest absolute Gasteiger partial charge is 0.372 e. The second-order valence-corrected chi connectivity index (χ2v) is 10.8. The standard InChI is InChI=1S/C32H39N7O/c1-7-22-19-33-32(36-30(22)25-20-39-14-10-12-23-11-9-13-24(25)31(23)39)35-26-18-27(34-29(40)8-2)28(17-21(26)3)38(6)16-15-37(4)5/h8-9,11,13,17-20H,2,7,10,12,14-16H2,1,3-6H3,(H,34,40)(H,33,35,36). The zero-order valence-electron chi connectivity index (χ0n) is 24.2. The van der Waals surface area contributed by atoms with Crippen molar-refractivity contribution in [3.63, 3.8) is 0 Å². The number of amides is 1. The first kappa shape index (κ1) is 27.4. The number of nitrogens with zero attached hydrogens (tertiary/aromatic N) is 5. The minimum atomic E-state index is -0.254. The summed E-state index contributed by atoms with van der Waals surface area (Å²) < 4.78 is 2.38. The normalized spacial score (nSPS) is 12.6. The Hall–Kier alpha value is -4.17. The maximum Gasteiger partial charge on any atom is 0.247 e. The SMILES string of the molecule is C=CC(=O)Nc1cc(Nc2ncc(CC)c(-c3cn4c5c(cccc35)CCC4)n2)c(C)cc1N(C)CCN(C)C. The lowest BCUT2D eigenvalue weighted by atomic mass is 10.0. The third-order valence-corrected chi connectivity index (χ3v) is 7.65. The number of anilines is 4. The molecule has 5 rings (SSSR count). The summed E-state index contributed by atoms with van der Waals surface area (Å²) in [5, 5.41) is 7.67. The van der Waals surface area contributed by atoms with Gasteiger partial charge in [0, 0.05) is 55.7 Å².